The molecule has 2 N–H and O–H groups in total. The van der Waals surface area contributed by atoms with Crippen LogP contribution in [0.5, 0.6) is 11.5 Å². The minimum Gasteiger partial charge on any atom is -0.493 e. The van der Waals surface area contributed by atoms with Crippen molar-refractivity contribution in [1.29, 1.82) is 0 Å². The molecule has 0 bridgehead atoms. The van der Waals surface area contributed by atoms with E-state index in [9.17, 15) is 0 Å². The van der Waals surface area contributed by atoms with Crippen LogP contribution in [0.3, 0.4) is 0 Å². The van der Waals surface area contributed by atoms with Crippen LogP contribution in [-0.4, -0.2) is 40.2 Å². The first-order valence-electron chi connectivity index (χ1n) is 9.20. The van der Waals surface area contributed by atoms with Gasteiger partial charge in [0, 0.05) is 49.4 Å². The summed E-state index contributed by atoms with van der Waals surface area (Å²) in [6.07, 6.45) is 5.60. The number of aryl methyl sites for hydroxylation is 1. The molecule has 0 aliphatic heterocycles. The number of rotatable bonds is 9. The van der Waals surface area contributed by atoms with Gasteiger partial charge in [-0.05, 0) is 36.8 Å². The van der Waals surface area contributed by atoms with E-state index < -0.39 is 0 Å². The highest BCUT2D eigenvalue weighted by atomic mass is 16.5. The van der Waals surface area contributed by atoms with E-state index in [-0.39, 0.29) is 19.3 Å². The summed E-state index contributed by atoms with van der Waals surface area (Å²) >= 11 is 0. The maximum atomic E-state index is 8.93. The molecule has 1 atom stereocenters. The molecule has 7 heteroatoms. The number of hydrogen-bond donors (Lipinski definition) is 2. The summed E-state index contributed by atoms with van der Waals surface area (Å²) in [5, 5.41) is 17.1. The van der Waals surface area contributed by atoms with Gasteiger partial charge in [-0.15, -0.1) is 0 Å². The maximum absolute atomic E-state index is 8.93. The van der Waals surface area contributed by atoms with E-state index in [2.05, 4.69) is 22.3 Å². The third-order valence-corrected chi connectivity index (χ3v) is 4.47. The zero-order valence-corrected chi connectivity index (χ0v) is 16.4. The van der Waals surface area contributed by atoms with Crippen molar-refractivity contribution >= 4 is 0 Å². The lowest BCUT2D eigenvalue weighted by atomic mass is 10.1. The van der Waals surface area contributed by atoms with E-state index in [0.717, 1.165) is 22.4 Å². The molecule has 0 aliphatic rings. The number of hydrogen-bond acceptors (Lipinski definition) is 6. The summed E-state index contributed by atoms with van der Waals surface area (Å²) in [4.78, 5) is 4.19. The van der Waals surface area contributed by atoms with Crippen molar-refractivity contribution in [2.45, 2.75) is 19.5 Å². The van der Waals surface area contributed by atoms with Gasteiger partial charge in [-0.25, -0.2) is 0 Å². The molecule has 0 aliphatic carbocycles. The number of ether oxygens (including phenoxy) is 2. The number of methoxy groups -OCH3 is 1. The van der Waals surface area contributed by atoms with Crippen LogP contribution in [0.25, 0.3) is 11.3 Å². The van der Waals surface area contributed by atoms with Crippen LogP contribution >= 0.6 is 0 Å². The van der Waals surface area contributed by atoms with E-state index in [4.69, 9.17) is 14.6 Å². The topological polar surface area (TPSA) is 81.4 Å². The highest BCUT2D eigenvalue weighted by Gasteiger charge is 2.14. The van der Waals surface area contributed by atoms with Crippen molar-refractivity contribution in [1.82, 2.24) is 20.1 Å². The van der Waals surface area contributed by atoms with Crippen LogP contribution in [0.15, 0.2) is 48.9 Å². The maximum Gasteiger partial charge on any atom is 0.161 e. The van der Waals surface area contributed by atoms with Crippen LogP contribution in [0.2, 0.25) is 0 Å². The number of benzene rings is 1. The normalized spacial score (nSPS) is 12.0. The minimum absolute atomic E-state index is 0.0345. The Balaban J connectivity index is 1.72. The second-order valence-corrected chi connectivity index (χ2v) is 6.50. The van der Waals surface area contributed by atoms with Crippen LogP contribution in [0.1, 0.15) is 24.1 Å². The van der Waals surface area contributed by atoms with Gasteiger partial charge in [0.2, 0.25) is 0 Å². The van der Waals surface area contributed by atoms with E-state index in [1.165, 1.54) is 0 Å². The van der Waals surface area contributed by atoms with Crippen molar-refractivity contribution in [3.8, 4) is 22.8 Å². The molecule has 2 aromatic heterocycles. The third kappa shape index (κ3) is 4.68. The average Bonchev–Trinajstić information content (AvgIpc) is 3.11. The predicted octanol–water partition coefficient (Wildman–Crippen LogP) is 2.71. The first kappa shape index (κ1) is 19.9. The van der Waals surface area contributed by atoms with Crippen molar-refractivity contribution in [3.63, 3.8) is 0 Å². The highest BCUT2D eigenvalue weighted by molar-refractivity contribution is 5.61. The summed E-state index contributed by atoms with van der Waals surface area (Å²) in [5.74, 6) is 1.27. The molecule has 0 fully saturated rings. The molecule has 0 unspecified atom stereocenters. The Hall–Kier alpha value is -2.90. The third-order valence-electron chi connectivity index (χ3n) is 4.47. The Kier molecular flexibility index (Phi) is 6.62. The van der Waals surface area contributed by atoms with Gasteiger partial charge < -0.3 is 19.9 Å². The van der Waals surface area contributed by atoms with Crippen LogP contribution in [0.4, 0.5) is 0 Å². The number of pyridine rings is 1. The van der Waals surface area contributed by atoms with Crippen molar-refractivity contribution < 1.29 is 14.6 Å². The Bertz CT molecular complexity index is 896. The molecule has 3 rings (SSSR count). The quantitative estimate of drug-likeness (QED) is 0.592. The lowest BCUT2D eigenvalue weighted by Gasteiger charge is -2.17. The summed E-state index contributed by atoms with van der Waals surface area (Å²) in [5.41, 5.74) is 4.12. The van der Waals surface area contributed by atoms with Gasteiger partial charge in [0.05, 0.1) is 19.4 Å². The molecule has 0 spiro atoms. The fraction of sp³-hybridized carbons (Fsp3) is 0.333. The zero-order chi connectivity index (χ0) is 19.9. The largest absolute Gasteiger partial charge is 0.493 e. The van der Waals surface area contributed by atoms with E-state index >= 15 is 0 Å². The first-order valence-corrected chi connectivity index (χ1v) is 9.20. The molecule has 3 aromatic rings. The number of nitrogens with zero attached hydrogens (tertiary/aromatic N) is 3. The second-order valence-electron chi connectivity index (χ2n) is 6.50. The lowest BCUT2D eigenvalue weighted by molar-refractivity contribution is 0.196. The van der Waals surface area contributed by atoms with E-state index in [1.54, 1.807) is 13.3 Å². The van der Waals surface area contributed by atoms with E-state index in [1.807, 2.05) is 54.5 Å². The Labute approximate surface area is 164 Å². The van der Waals surface area contributed by atoms with Gasteiger partial charge in [-0.2, -0.15) is 5.10 Å². The predicted molar refractivity (Wildman–Crippen MR) is 107 cm³/mol. The fourth-order valence-electron chi connectivity index (χ4n) is 3.02. The molecule has 2 heterocycles. The molecule has 28 heavy (non-hydrogen) atoms. The summed E-state index contributed by atoms with van der Waals surface area (Å²) in [6, 6.07) is 9.85. The minimum atomic E-state index is -0.0345. The smallest absolute Gasteiger partial charge is 0.161 e. The number of aromatic nitrogens is 3. The summed E-state index contributed by atoms with van der Waals surface area (Å²) in [7, 11) is 3.53. The Morgan fingerprint density at radius 2 is 2.11 bits per heavy atom. The van der Waals surface area contributed by atoms with Gasteiger partial charge in [-0.3, -0.25) is 9.67 Å². The van der Waals surface area contributed by atoms with Gasteiger partial charge in [0.25, 0.3) is 0 Å². The van der Waals surface area contributed by atoms with Crippen molar-refractivity contribution in [2.24, 2.45) is 7.05 Å². The molecule has 148 valence electrons. The van der Waals surface area contributed by atoms with Crippen LogP contribution in [0, 0.1) is 0 Å². The van der Waals surface area contributed by atoms with Gasteiger partial charge in [-0.1, -0.05) is 6.07 Å². The molecule has 0 radical (unpaired) electrons. The summed E-state index contributed by atoms with van der Waals surface area (Å²) < 4.78 is 12.7. The molecular formula is C21H26N4O3. The highest BCUT2D eigenvalue weighted by Crippen LogP contribution is 2.30. The van der Waals surface area contributed by atoms with Crippen molar-refractivity contribution in [2.75, 3.05) is 20.3 Å². The Morgan fingerprint density at radius 1 is 1.25 bits per heavy atom. The summed E-state index contributed by atoms with van der Waals surface area (Å²) in [6.45, 7) is 2.97. The van der Waals surface area contributed by atoms with E-state index in [0.29, 0.717) is 18.0 Å². The number of aliphatic hydroxyl groups excluding tert-OH is 1. The SMILES string of the molecule is COc1cc([C@@H](C)NCc2cn(C)nc2-c2cccnc2)ccc1OCCO. The van der Waals surface area contributed by atoms with Crippen LogP contribution in [-0.2, 0) is 13.6 Å². The van der Waals surface area contributed by atoms with Crippen molar-refractivity contribution in [3.05, 3.63) is 60.0 Å². The molecule has 7 nitrogen and oxygen atoms in total. The van der Waals surface area contributed by atoms with Gasteiger partial charge in [0.1, 0.15) is 6.61 Å². The number of aliphatic hydroxyl groups is 1. The monoisotopic (exact) mass is 382 g/mol. The standard InChI is InChI=1S/C21H26N4O3/c1-15(16-6-7-19(28-10-9-26)20(11-16)27-3)23-13-18-14-25(2)24-21(18)17-5-4-8-22-12-17/h4-8,11-12,14-15,23,26H,9-10,13H2,1-3H3/t15-/m1/s1. The zero-order valence-electron chi connectivity index (χ0n) is 16.4. The molecule has 0 saturated carbocycles. The fourth-order valence-corrected chi connectivity index (χ4v) is 3.02. The van der Waals surface area contributed by atoms with Gasteiger partial charge in [0.15, 0.2) is 11.5 Å². The number of nitrogens with one attached hydrogen (secondary N) is 1. The average molecular weight is 382 g/mol. The molecule has 0 amide bonds. The second kappa shape index (κ2) is 9.34. The van der Waals surface area contributed by atoms with Gasteiger partial charge >= 0.3 is 0 Å². The molecular weight excluding hydrogens is 356 g/mol. The Morgan fingerprint density at radius 3 is 2.82 bits per heavy atom. The lowest BCUT2D eigenvalue weighted by Crippen LogP contribution is -2.18. The molecule has 1 aromatic carbocycles. The molecule has 0 saturated heterocycles. The first-order chi connectivity index (χ1) is 13.6. The van der Waals surface area contributed by atoms with Crippen LogP contribution < -0.4 is 14.8 Å².